The van der Waals surface area contributed by atoms with E-state index in [1.807, 2.05) is 62.5 Å². The summed E-state index contributed by atoms with van der Waals surface area (Å²) in [7, 11) is 1.65. The summed E-state index contributed by atoms with van der Waals surface area (Å²) in [4.78, 5) is 29.5. The number of aromatic amines is 1. The van der Waals surface area contributed by atoms with E-state index in [-0.39, 0.29) is 18.7 Å². The van der Waals surface area contributed by atoms with Crippen molar-refractivity contribution in [3.8, 4) is 17.2 Å². The second-order valence-corrected chi connectivity index (χ2v) is 8.74. The van der Waals surface area contributed by atoms with E-state index in [0.717, 1.165) is 39.2 Å². The highest BCUT2D eigenvalue weighted by atomic mass is 16.7. The van der Waals surface area contributed by atoms with Gasteiger partial charge in [-0.3, -0.25) is 20.4 Å². The van der Waals surface area contributed by atoms with Crippen LogP contribution in [-0.4, -0.2) is 47.3 Å². The third-order valence-electron chi connectivity index (χ3n) is 5.90. The number of hydrogen-bond donors (Lipinski definition) is 3. The molecule has 10 nitrogen and oxygen atoms in total. The molecule has 2 aromatic carbocycles. The molecule has 1 amide bonds. The number of carbonyl (C=O) groups excluding carboxylic acids is 1. The normalized spacial score (nSPS) is 12.8. The van der Waals surface area contributed by atoms with Gasteiger partial charge in [0.25, 0.3) is 5.91 Å². The van der Waals surface area contributed by atoms with Crippen LogP contribution in [0.2, 0.25) is 0 Å². The van der Waals surface area contributed by atoms with Crippen molar-refractivity contribution in [3.63, 3.8) is 0 Å². The lowest BCUT2D eigenvalue weighted by Gasteiger charge is -2.10. The Morgan fingerprint density at radius 1 is 1.11 bits per heavy atom. The largest absolute Gasteiger partial charge is 0.497 e. The summed E-state index contributed by atoms with van der Waals surface area (Å²) in [5.41, 5.74) is 4.53. The van der Waals surface area contributed by atoms with Crippen molar-refractivity contribution in [3.05, 3.63) is 77.3 Å². The zero-order chi connectivity index (χ0) is 26.5. The van der Waals surface area contributed by atoms with Gasteiger partial charge < -0.3 is 19.2 Å². The fraction of sp³-hybridized carbons (Fsp3) is 0.214. The van der Waals surface area contributed by atoms with Gasteiger partial charge in [0.2, 0.25) is 18.7 Å². The van der Waals surface area contributed by atoms with Crippen LogP contribution in [-0.2, 0) is 11.2 Å². The molecule has 0 aliphatic carbocycles. The van der Waals surface area contributed by atoms with Crippen molar-refractivity contribution in [2.45, 2.75) is 20.3 Å². The van der Waals surface area contributed by atoms with Gasteiger partial charge >= 0.3 is 0 Å². The Morgan fingerprint density at radius 3 is 2.74 bits per heavy atom. The van der Waals surface area contributed by atoms with Gasteiger partial charge in [-0.05, 0) is 67.8 Å². The molecule has 4 aromatic rings. The maximum atomic E-state index is 12.8. The van der Waals surface area contributed by atoms with Crippen molar-refractivity contribution >= 4 is 34.8 Å². The Kier molecular flexibility index (Phi) is 7.21. The number of fused-ring (bicyclic) bond motifs is 2. The number of nitrogens with one attached hydrogen (secondary N) is 3. The molecule has 0 saturated carbocycles. The number of anilines is 1. The minimum Gasteiger partial charge on any atom is -0.497 e. The lowest BCUT2D eigenvalue weighted by atomic mass is 10.1. The van der Waals surface area contributed by atoms with Crippen molar-refractivity contribution in [1.82, 2.24) is 20.3 Å². The van der Waals surface area contributed by atoms with E-state index < -0.39 is 0 Å². The van der Waals surface area contributed by atoms with Crippen LogP contribution < -0.4 is 24.8 Å². The molecule has 0 saturated heterocycles. The number of aryl methyl sites for hydroxylation is 2. The second kappa shape index (κ2) is 11.0. The molecule has 1 aliphatic heterocycles. The number of aliphatic imine (C=N–C) groups is 1. The Morgan fingerprint density at radius 2 is 1.92 bits per heavy atom. The van der Waals surface area contributed by atoms with E-state index in [4.69, 9.17) is 14.2 Å². The Bertz CT molecular complexity index is 1520. The first-order valence-electron chi connectivity index (χ1n) is 12.1. The van der Waals surface area contributed by atoms with Crippen LogP contribution in [0.5, 0.6) is 17.2 Å². The molecule has 0 radical (unpaired) electrons. The van der Waals surface area contributed by atoms with E-state index in [0.29, 0.717) is 30.4 Å². The molecule has 3 heterocycles. The summed E-state index contributed by atoms with van der Waals surface area (Å²) in [6.07, 6.45) is 5.76. The lowest BCUT2D eigenvalue weighted by molar-refractivity contribution is -0.115. The number of methoxy groups -OCH3 is 1. The molecule has 3 N–H and O–H groups in total. The van der Waals surface area contributed by atoms with Crippen LogP contribution in [0.3, 0.4) is 0 Å². The van der Waals surface area contributed by atoms with Gasteiger partial charge in [-0.25, -0.2) is 9.97 Å². The van der Waals surface area contributed by atoms with Crippen molar-refractivity contribution in [1.29, 1.82) is 0 Å². The van der Waals surface area contributed by atoms with Crippen molar-refractivity contribution in [2.24, 2.45) is 4.99 Å². The van der Waals surface area contributed by atoms with Crippen LogP contribution in [0.15, 0.2) is 59.7 Å². The Labute approximate surface area is 219 Å². The molecular weight excluding hydrogens is 484 g/mol. The van der Waals surface area contributed by atoms with Crippen LogP contribution in [0, 0.1) is 13.8 Å². The fourth-order valence-corrected chi connectivity index (χ4v) is 4.13. The highest BCUT2D eigenvalue weighted by molar-refractivity contribution is 6.08. The average Bonchev–Trinajstić information content (AvgIpc) is 3.53. The van der Waals surface area contributed by atoms with Gasteiger partial charge in [0.15, 0.2) is 11.5 Å². The number of H-pyrrole nitrogens is 1. The smallest absolute Gasteiger partial charge is 0.250 e. The summed E-state index contributed by atoms with van der Waals surface area (Å²) in [5.74, 6) is 2.40. The highest BCUT2D eigenvalue weighted by Gasteiger charge is 2.13. The first-order valence-corrected chi connectivity index (χ1v) is 12.1. The Hall–Kier alpha value is -4.86. The molecule has 5 rings (SSSR count). The van der Waals surface area contributed by atoms with Crippen LogP contribution in [0.4, 0.5) is 5.95 Å². The van der Waals surface area contributed by atoms with E-state index in [1.54, 1.807) is 13.2 Å². The summed E-state index contributed by atoms with van der Waals surface area (Å²) >= 11 is 0. The molecule has 10 heteroatoms. The zero-order valence-corrected chi connectivity index (χ0v) is 21.4. The van der Waals surface area contributed by atoms with E-state index in [2.05, 4.69) is 30.6 Å². The van der Waals surface area contributed by atoms with Crippen molar-refractivity contribution < 1.29 is 19.0 Å². The molecule has 38 heavy (non-hydrogen) atoms. The summed E-state index contributed by atoms with van der Waals surface area (Å²) in [6, 6.07) is 13.3. The van der Waals surface area contributed by atoms with E-state index in [9.17, 15) is 4.79 Å². The molecule has 1 aliphatic rings. The van der Waals surface area contributed by atoms with Gasteiger partial charge in [0, 0.05) is 47.2 Å². The van der Waals surface area contributed by atoms with Gasteiger partial charge in [-0.15, -0.1) is 0 Å². The minimum atomic E-state index is -0.350. The molecule has 0 fully saturated rings. The first kappa shape index (κ1) is 24.8. The topological polar surface area (TPSA) is 123 Å². The molecule has 194 valence electrons. The number of carbonyl (C=O) groups is 1. The van der Waals surface area contributed by atoms with Crippen LogP contribution in [0.1, 0.15) is 22.5 Å². The minimum absolute atomic E-state index is 0.196. The number of amides is 1. The van der Waals surface area contributed by atoms with Gasteiger partial charge in [-0.1, -0.05) is 6.07 Å². The second-order valence-electron chi connectivity index (χ2n) is 8.74. The third kappa shape index (κ3) is 5.92. The molecule has 0 atom stereocenters. The number of nitrogens with zero attached hydrogens (tertiary/aromatic N) is 3. The zero-order valence-electron chi connectivity index (χ0n) is 21.4. The maximum Gasteiger partial charge on any atom is 0.250 e. The van der Waals surface area contributed by atoms with Gasteiger partial charge in [0.1, 0.15) is 5.75 Å². The summed E-state index contributed by atoms with van der Waals surface area (Å²) in [5, 5.41) is 6.97. The number of rotatable bonds is 7. The van der Waals surface area contributed by atoms with Gasteiger partial charge in [0.05, 0.1) is 7.11 Å². The lowest BCUT2D eigenvalue weighted by Crippen LogP contribution is -2.35. The number of ether oxygens (including phenoxy) is 3. The summed E-state index contributed by atoms with van der Waals surface area (Å²) < 4.78 is 16.0. The van der Waals surface area contributed by atoms with Crippen LogP contribution in [0.25, 0.3) is 17.0 Å². The predicted molar refractivity (Wildman–Crippen MR) is 146 cm³/mol. The number of guanidine groups is 1. The number of hydrogen-bond acceptors (Lipinski definition) is 7. The highest BCUT2D eigenvalue weighted by Crippen LogP contribution is 2.32. The van der Waals surface area contributed by atoms with Crippen LogP contribution >= 0.6 is 0 Å². The first-order chi connectivity index (χ1) is 18.5. The molecule has 0 spiro atoms. The third-order valence-corrected chi connectivity index (χ3v) is 5.90. The van der Waals surface area contributed by atoms with E-state index in [1.165, 1.54) is 6.08 Å². The standard InChI is InChI=1S/C28H28N6O4/c1-17-12-18(2)32-28(31-17)34-27(29-11-10-20-15-30-23-14-21(36-3)6-7-22(20)23)33-26(35)9-5-19-4-8-24-25(13-19)38-16-37-24/h4-9,12-15,30H,10-11,16H2,1-3H3,(H2,29,31,32,33,34,35)/b9-5+. The summed E-state index contributed by atoms with van der Waals surface area (Å²) in [6.45, 7) is 4.39. The number of aromatic nitrogens is 3. The molecular formula is C28H28N6O4. The fourth-order valence-electron chi connectivity index (χ4n) is 4.13. The average molecular weight is 513 g/mol. The monoisotopic (exact) mass is 512 g/mol. The maximum absolute atomic E-state index is 12.8. The predicted octanol–water partition coefficient (Wildman–Crippen LogP) is 4.15. The molecule has 0 bridgehead atoms. The molecule has 0 unspecified atom stereocenters. The molecule has 2 aromatic heterocycles. The van der Waals surface area contributed by atoms with E-state index >= 15 is 0 Å². The number of benzene rings is 2. The van der Waals surface area contributed by atoms with Gasteiger partial charge in [-0.2, -0.15) is 0 Å². The Balaban J connectivity index is 1.30. The SMILES string of the molecule is COc1ccc2c(CCN=C(NC(=O)/C=C/c3ccc4c(c3)OCO4)Nc3nc(C)cc(C)n3)c[nH]c2c1. The van der Waals surface area contributed by atoms with Crippen molar-refractivity contribution in [2.75, 3.05) is 25.8 Å². The quantitative estimate of drug-likeness (QED) is 0.193.